The van der Waals surface area contributed by atoms with Crippen LogP contribution in [-0.4, -0.2) is 38.8 Å². The quantitative estimate of drug-likeness (QED) is 0.256. The van der Waals surface area contributed by atoms with Gasteiger partial charge in [-0.05, 0) is 25.1 Å². The Morgan fingerprint density at radius 1 is 1.30 bits per heavy atom. The van der Waals surface area contributed by atoms with Crippen LogP contribution in [0.3, 0.4) is 0 Å². The van der Waals surface area contributed by atoms with Crippen molar-refractivity contribution in [2.45, 2.75) is 6.92 Å². The van der Waals surface area contributed by atoms with Crippen molar-refractivity contribution in [2.24, 2.45) is 5.84 Å². The summed E-state index contributed by atoms with van der Waals surface area (Å²) in [7, 11) is 1.52. The second-order valence-corrected chi connectivity index (χ2v) is 4.68. The fourth-order valence-electron chi connectivity index (χ4n) is 2.02. The van der Waals surface area contributed by atoms with Gasteiger partial charge in [0.1, 0.15) is 29.3 Å². The molecule has 0 aliphatic carbocycles. The molecular formula is C15H18N2O6. The number of fused-ring (bicyclic) bond motifs is 1. The number of nitrogens with one attached hydrogen (secondary N) is 1. The van der Waals surface area contributed by atoms with Crippen LogP contribution in [0.5, 0.6) is 5.75 Å². The van der Waals surface area contributed by atoms with Gasteiger partial charge in [-0.2, -0.15) is 0 Å². The summed E-state index contributed by atoms with van der Waals surface area (Å²) in [6, 6.07) is 4.90. The molecule has 23 heavy (non-hydrogen) atoms. The number of benzene rings is 1. The molecule has 0 unspecified atom stereocenters. The highest BCUT2D eigenvalue weighted by Crippen LogP contribution is 2.29. The molecule has 0 atom stereocenters. The van der Waals surface area contributed by atoms with Crippen LogP contribution in [0.25, 0.3) is 11.0 Å². The largest absolute Gasteiger partial charge is 0.484 e. The van der Waals surface area contributed by atoms with Crippen LogP contribution in [0.1, 0.15) is 16.1 Å². The minimum Gasteiger partial charge on any atom is -0.484 e. The van der Waals surface area contributed by atoms with Crippen LogP contribution in [0, 0.1) is 6.92 Å². The summed E-state index contributed by atoms with van der Waals surface area (Å²) >= 11 is 0. The molecule has 0 aliphatic heterocycles. The summed E-state index contributed by atoms with van der Waals surface area (Å²) in [6.45, 7) is 1.90. The Hall–Kier alpha value is -2.58. The average Bonchev–Trinajstić information content (AvgIpc) is 2.87. The number of amides is 1. The van der Waals surface area contributed by atoms with Crippen molar-refractivity contribution in [2.75, 3.05) is 26.9 Å². The van der Waals surface area contributed by atoms with E-state index in [4.69, 9.17) is 24.5 Å². The molecule has 1 aromatic carbocycles. The fourth-order valence-corrected chi connectivity index (χ4v) is 2.02. The molecule has 1 aromatic heterocycles. The van der Waals surface area contributed by atoms with E-state index in [1.165, 1.54) is 7.11 Å². The van der Waals surface area contributed by atoms with Gasteiger partial charge in [0.05, 0.1) is 6.61 Å². The molecule has 0 spiro atoms. The van der Waals surface area contributed by atoms with Gasteiger partial charge in [-0.15, -0.1) is 0 Å². The van der Waals surface area contributed by atoms with E-state index >= 15 is 0 Å². The van der Waals surface area contributed by atoms with Gasteiger partial charge in [0.15, 0.2) is 6.61 Å². The van der Waals surface area contributed by atoms with E-state index in [9.17, 15) is 9.59 Å². The van der Waals surface area contributed by atoms with Crippen molar-refractivity contribution in [3.05, 3.63) is 29.5 Å². The molecule has 8 heteroatoms. The SMILES string of the molecule is COCCOC(=O)c1c(C)oc2ccc(OCC(=O)NN)cc12. The topological polar surface area (TPSA) is 113 Å². The van der Waals surface area contributed by atoms with Crippen molar-refractivity contribution in [3.63, 3.8) is 0 Å². The van der Waals surface area contributed by atoms with Gasteiger partial charge >= 0.3 is 5.97 Å². The molecule has 0 fully saturated rings. The van der Waals surface area contributed by atoms with Gasteiger partial charge in [0.25, 0.3) is 5.91 Å². The normalized spacial score (nSPS) is 10.6. The maximum Gasteiger partial charge on any atom is 0.342 e. The number of furan rings is 1. The Labute approximate surface area is 132 Å². The van der Waals surface area contributed by atoms with E-state index < -0.39 is 11.9 Å². The first-order chi connectivity index (χ1) is 11.1. The number of carbonyl (C=O) groups excluding carboxylic acids is 2. The summed E-state index contributed by atoms with van der Waals surface area (Å²) in [5, 5.41) is 0.551. The standard InChI is InChI=1S/C15H18N2O6/c1-9-14(15(19)21-6-5-20-2)11-7-10(3-4-12(11)23-9)22-8-13(18)17-16/h3-4,7H,5-6,8,16H2,1-2H3,(H,17,18). The van der Waals surface area contributed by atoms with Crippen LogP contribution in [0.15, 0.2) is 22.6 Å². The van der Waals surface area contributed by atoms with E-state index in [0.717, 1.165) is 0 Å². The third kappa shape index (κ3) is 3.99. The monoisotopic (exact) mass is 322 g/mol. The molecule has 0 aliphatic rings. The lowest BCUT2D eigenvalue weighted by molar-refractivity contribution is -0.123. The molecule has 0 saturated heterocycles. The predicted molar refractivity (Wildman–Crippen MR) is 80.9 cm³/mol. The van der Waals surface area contributed by atoms with Crippen molar-refractivity contribution < 1.29 is 28.2 Å². The predicted octanol–water partition coefficient (Wildman–Crippen LogP) is 0.913. The second kappa shape index (κ2) is 7.61. The van der Waals surface area contributed by atoms with Gasteiger partial charge in [0.2, 0.25) is 0 Å². The number of aryl methyl sites for hydroxylation is 1. The number of rotatable bonds is 7. The molecule has 124 valence electrons. The molecule has 0 saturated carbocycles. The molecule has 2 aromatic rings. The summed E-state index contributed by atoms with van der Waals surface area (Å²) in [4.78, 5) is 23.3. The van der Waals surface area contributed by atoms with Crippen molar-refractivity contribution in [1.82, 2.24) is 5.43 Å². The van der Waals surface area contributed by atoms with E-state index in [-0.39, 0.29) is 13.2 Å². The number of hydrogen-bond acceptors (Lipinski definition) is 7. The lowest BCUT2D eigenvalue weighted by Crippen LogP contribution is -2.34. The van der Waals surface area contributed by atoms with Crippen LogP contribution in [0.4, 0.5) is 0 Å². The minimum atomic E-state index is -0.504. The van der Waals surface area contributed by atoms with Crippen LogP contribution in [-0.2, 0) is 14.3 Å². The lowest BCUT2D eigenvalue weighted by Gasteiger charge is -2.06. The highest BCUT2D eigenvalue weighted by atomic mass is 16.6. The number of hydrogen-bond donors (Lipinski definition) is 2. The van der Waals surface area contributed by atoms with E-state index in [1.54, 1.807) is 25.1 Å². The van der Waals surface area contributed by atoms with Crippen LogP contribution < -0.4 is 16.0 Å². The Kier molecular flexibility index (Phi) is 5.56. The first-order valence-corrected chi connectivity index (χ1v) is 6.88. The van der Waals surface area contributed by atoms with Crippen molar-refractivity contribution in [3.8, 4) is 5.75 Å². The highest BCUT2D eigenvalue weighted by molar-refractivity contribution is 6.04. The number of carbonyl (C=O) groups is 2. The summed E-state index contributed by atoms with van der Waals surface area (Å²) < 4.78 is 20.8. The Bertz CT molecular complexity index is 709. The summed E-state index contributed by atoms with van der Waals surface area (Å²) in [6.07, 6.45) is 0. The van der Waals surface area contributed by atoms with Crippen LogP contribution >= 0.6 is 0 Å². The molecule has 3 N–H and O–H groups in total. The van der Waals surface area contributed by atoms with E-state index in [0.29, 0.717) is 34.6 Å². The first-order valence-electron chi connectivity index (χ1n) is 6.88. The zero-order valence-corrected chi connectivity index (χ0v) is 12.9. The molecule has 1 amide bonds. The Balaban J connectivity index is 2.24. The lowest BCUT2D eigenvalue weighted by atomic mass is 10.1. The molecule has 0 radical (unpaired) electrons. The van der Waals surface area contributed by atoms with Gasteiger partial charge in [-0.1, -0.05) is 0 Å². The van der Waals surface area contributed by atoms with Gasteiger partial charge in [0, 0.05) is 12.5 Å². The van der Waals surface area contributed by atoms with E-state index in [1.807, 2.05) is 5.43 Å². The molecular weight excluding hydrogens is 304 g/mol. The number of esters is 1. The average molecular weight is 322 g/mol. The van der Waals surface area contributed by atoms with E-state index in [2.05, 4.69) is 0 Å². The first kappa shape index (κ1) is 16.8. The zero-order valence-electron chi connectivity index (χ0n) is 12.9. The minimum absolute atomic E-state index is 0.147. The molecule has 8 nitrogen and oxygen atoms in total. The second-order valence-electron chi connectivity index (χ2n) is 4.68. The van der Waals surface area contributed by atoms with Crippen molar-refractivity contribution in [1.29, 1.82) is 0 Å². The maximum absolute atomic E-state index is 12.2. The zero-order chi connectivity index (χ0) is 16.8. The van der Waals surface area contributed by atoms with Gasteiger partial charge in [-0.25, -0.2) is 10.6 Å². The Morgan fingerprint density at radius 2 is 2.09 bits per heavy atom. The number of nitrogens with two attached hydrogens (primary N) is 1. The van der Waals surface area contributed by atoms with Gasteiger partial charge in [-0.3, -0.25) is 10.2 Å². The maximum atomic E-state index is 12.2. The van der Waals surface area contributed by atoms with Gasteiger partial charge < -0.3 is 18.6 Å². The number of ether oxygens (including phenoxy) is 3. The summed E-state index contributed by atoms with van der Waals surface area (Å²) in [5.41, 5.74) is 2.82. The fraction of sp³-hybridized carbons (Fsp3) is 0.333. The number of hydrazine groups is 1. The third-order valence-electron chi connectivity index (χ3n) is 3.09. The van der Waals surface area contributed by atoms with Crippen LogP contribution in [0.2, 0.25) is 0 Å². The molecule has 2 rings (SSSR count). The molecule has 1 heterocycles. The number of methoxy groups -OCH3 is 1. The van der Waals surface area contributed by atoms with Crippen molar-refractivity contribution >= 4 is 22.8 Å². The Morgan fingerprint density at radius 3 is 2.78 bits per heavy atom. The third-order valence-corrected chi connectivity index (χ3v) is 3.09. The summed E-state index contributed by atoms with van der Waals surface area (Å²) in [5.74, 6) is 4.87. The highest BCUT2D eigenvalue weighted by Gasteiger charge is 2.20. The smallest absolute Gasteiger partial charge is 0.342 e. The molecule has 0 bridgehead atoms.